The van der Waals surface area contributed by atoms with Crippen LogP contribution in [0.2, 0.25) is 0 Å². The molecule has 1 aromatic rings. The van der Waals surface area contributed by atoms with Gasteiger partial charge in [0.1, 0.15) is 12.1 Å². The number of halogens is 1. The Morgan fingerprint density at radius 2 is 2.20 bits per heavy atom. The fourth-order valence-electron chi connectivity index (χ4n) is 1.57. The van der Waals surface area contributed by atoms with Gasteiger partial charge in [-0.05, 0) is 18.3 Å². The van der Waals surface area contributed by atoms with Gasteiger partial charge in [-0.15, -0.1) is 0 Å². The van der Waals surface area contributed by atoms with Crippen molar-refractivity contribution in [3.05, 3.63) is 17.7 Å². The quantitative estimate of drug-likeness (QED) is 0.782. The summed E-state index contributed by atoms with van der Waals surface area (Å²) in [4.78, 5) is 3.92. The van der Waals surface area contributed by atoms with Crippen LogP contribution in [0.1, 0.15) is 24.2 Å². The zero-order chi connectivity index (χ0) is 10.9. The fourth-order valence-corrected chi connectivity index (χ4v) is 2.31. The minimum atomic E-state index is 0.225. The molecule has 76 valence electrons. The summed E-state index contributed by atoms with van der Waals surface area (Å²) in [6.45, 7) is 0.774. The van der Waals surface area contributed by atoms with Gasteiger partial charge in [0, 0.05) is 11.9 Å². The number of nitriles is 2. The van der Waals surface area contributed by atoms with Crippen LogP contribution in [0.15, 0.2) is 6.33 Å². The standard InChI is InChI=1S/C10H9BrN4/c11-5-10(1-2-10)6-15-7-14-8(3-12)9(15)4-13/h7H,1-2,5-6H2. The maximum absolute atomic E-state index is 8.94. The molecule has 0 N–H and O–H groups in total. The Balaban J connectivity index is 2.27. The molecule has 1 aliphatic carbocycles. The monoisotopic (exact) mass is 264 g/mol. The summed E-state index contributed by atoms with van der Waals surface area (Å²) in [5.74, 6) is 0. The largest absolute Gasteiger partial charge is 0.321 e. The van der Waals surface area contributed by atoms with Crippen molar-refractivity contribution in [3.63, 3.8) is 0 Å². The molecule has 0 aliphatic heterocycles. The van der Waals surface area contributed by atoms with Gasteiger partial charge in [0.2, 0.25) is 0 Å². The molecule has 1 heterocycles. The van der Waals surface area contributed by atoms with Gasteiger partial charge in [-0.2, -0.15) is 10.5 Å². The Labute approximate surface area is 96.3 Å². The van der Waals surface area contributed by atoms with E-state index in [-0.39, 0.29) is 11.1 Å². The number of alkyl halides is 1. The van der Waals surface area contributed by atoms with Crippen LogP contribution in [0.3, 0.4) is 0 Å². The molecule has 0 amide bonds. The van der Waals surface area contributed by atoms with Gasteiger partial charge in [0.25, 0.3) is 0 Å². The molecule has 4 nitrogen and oxygen atoms in total. The number of rotatable bonds is 3. The predicted octanol–water partition coefficient (Wildman–Crippen LogP) is 1.80. The SMILES string of the molecule is N#Cc1ncn(CC2(CBr)CC2)c1C#N. The molecule has 1 fully saturated rings. The van der Waals surface area contributed by atoms with Gasteiger partial charge in [0.15, 0.2) is 11.4 Å². The Kier molecular flexibility index (Phi) is 2.50. The molecular formula is C10H9BrN4. The number of imidazole rings is 1. The summed E-state index contributed by atoms with van der Waals surface area (Å²) in [7, 11) is 0. The second kappa shape index (κ2) is 3.67. The highest BCUT2D eigenvalue weighted by Gasteiger charge is 2.42. The Hall–Kier alpha value is -1.33. The van der Waals surface area contributed by atoms with Crippen molar-refractivity contribution in [1.82, 2.24) is 9.55 Å². The first-order valence-corrected chi connectivity index (χ1v) is 5.78. The summed E-state index contributed by atoms with van der Waals surface area (Å²) >= 11 is 3.48. The highest BCUT2D eigenvalue weighted by atomic mass is 79.9. The lowest BCUT2D eigenvalue weighted by Gasteiger charge is -2.12. The summed E-state index contributed by atoms with van der Waals surface area (Å²) in [5, 5.41) is 18.6. The normalized spacial score (nSPS) is 16.7. The summed E-state index contributed by atoms with van der Waals surface area (Å²) < 4.78 is 1.78. The lowest BCUT2D eigenvalue weighted by atomic mass is 10.1. The van der Waals surface area contributed by atoms with Crippen LogP contribution >= 0.6 is 15.9 Å². The molecule has 5 heteroatoms. The topological polar surface area (TPSA) is 65.4 Å². The van der Waals surface area contributed by atoms with Crippen molar-refractivity contribution in [3.8, 4) is 12.1 Å². The predicted molar refractivity (Wildman–Crippen MR) is 57.1 cm³/mol. The van der Waals surface area contributed by atoms with Crippen LogP contribution in [0.25, 0.3) is 0 Å². The molecule has 1 aliphatic rings. The first kappa shape index (κ1) is 10.2. The van der Waals surface area contributed by atoms with Gasteiger partial charge in [-0.3, -0.25) is 0 Å². The third-order valence-electron chi connectivity index (χ3n) is 2.80. The fraction of sp³-hybridized carbons (Fsp3) is 0.500. The van der Waals surface area contributed by atoms with Crippen LogP contribution in [0.5, 0.6) is 0 Å². The van der Waals surface area contributed by atoms with E-state index in [1.807, 2.05) is 12.1 Å². The molecule has 2 rings (SSSR count). The highest BCUT2D eigenvalue weighted by molar-refractivity contribution is 9.09. The maximum Gasteiger partial charge on any atom is 0.176 e. The van der Waals surface area contributed by atoms with E-state index in [0.29, 0.717) is 5.69 Å². The van der Waals surface area contributed by atoms with E-state index in [2.05, 4.69) is 20.9 Å². The highest BCUT2D eigenvalue weighted by Crippen LogP contribution is 2.48. The van der Waals surface area contributed by atoms with Crippen molar-refractivity contribution in [1.29, 1.82) is 10.5 Å². The second-order valence-electron chi connectivity index (χ2n) is 3.93. The Morgan fingerprint density at radius 1 is 1.47 bits per heavy atom. The van der Waals surface area contributed by atoms with E-state index < -0.39 is 0 Å². The molecule has 1 aromatic heterocycles. The molecule has 0 unspecified atom stereocenters. The number of aromatic nitrogens is 2. The van der Waals surface area contributed by atoms with E-state index in [4.69, 9.17) is 10.5 Å². The first-order chi connectivity index (χ1) is 7.24. The van der Waals surface area contributed by atoms with Gasteiger partial charge in [-0.25, -0.2) is 4.98 Å². The number of nitrogens with zero attached hydrogens (tertiary/aromatic N) is 4. The third-order valence-corrected chi connectivity index (χ3v) is 3.99. The molecule has 0 spiro atoms. The first-order valence-electron chi connectivity index (χ1n) is 4.66. The smallest absolute Gasteiger partial charge is 0.176 e. The van der Waals surface area contributed by atoms with E-state index in [1.54, 1.807) is 10.9 Å². The zero-order valence-electron chi connectivity index (χ0n) is 8.07. The van der Waals surface area contributed by atoms with Crippen LogP contribution in [0, 0.1) is 28.1 Å². The van der Waals surface area contributed by atoms with Gasteiger partial charge in [0.05, 0.1) is 6.33 Å². The minimum absolute atomic E-state index is 0.225. The molecule has 0 radical (unpaired) electrons. The van der Waals surface area contributed by atoms with Gasteiger partial charge in [-0.1, -0.05) is 15.9 Å². The van der Waals surface area contributed by atoms with Crippen molar-refractivity contribution in [2.24, 2.45) is 5.41 Å². The van der Waals surface area contributed by atoms with Crippen LogP contribution < -0.4 is 0 Å². The van der Waals surface area contributed by atoms with E-state index in [0.717, 1.165) is 11.9 Å². The van der Waals surface area contributed by atoms with Gasteiger partial charge >= 0.3 is 0 Å². The van der Waals surface area contributed by atoms with Crippen LogP contribution in [-0.2, 0) is 6.54 Å². The minimum Gasteiger partial charge on any atom is -0.321 e. The zero-order valence-corrected chi connectivity index (χ0v) is 9.66. The number of hydrogen-bond acceptors (Lipinski definition) is 3. The molecule has 0 aromatic carbocycles. The van der Waals surface area contributed by atoms with Crippen LogP contribution in [0.4, 0.5) is 0 Å². The molecule has 0 atom stereocenters. The van der Waals surface area contributed by atoms with E-state index >= 15 is 0 Å². The molecule has 1 saturated carbocycles. The van der Waals surface area contributed by atoms with Crippen molar-refractivity contribution in [2.45, 2.75) is 19.4 Å². The summed E-state index contributed by atoms with van der Waals surface area (Å²) in [5.41, 5.74) is 0.881. The molecular weight excluding hydrogens is 256 g/mol. The average molecular weight is 265 g/mol. The molecule has 0 saturated heterocycles. The maximum atomic E-state index is 8.94. The van der Waals surface area contributed by atoms with Crippen molar-refractivity contribution < 1.29 is 0 Å². The van der Waals surface area contributed by atoms with Crippen molar-refractivity contribution >= 4 is 15.9 Å². The second-order valence-corrected chi connectivity index (χ2v) is 4.49. The summed E-state index contributed by atoms with van der Waals surface area (Å²) in [6.07, 6.45) is 3.92. The van der Waals surface area contributed by atoms with Crippen molar-refractivity contribution in [2.75, 3.05) is 5.33 Å². The van der Waals surface area contributed by atoms with Gasteiger partial charge < -0.3 is 4.57 Å². The lowest BCUT2D eigenvalue weighted by Crippen LogP contribution is -2.13. The van der Waals surface area contributed by atoms with Crippen LogP contribution in [-0.4, -0.2) is 14.9 Å². The number of hydrogen-bond donors (Lipinski definition) is 0. The lowest BCUT2D eigenvalue weighted by molar-refractivity contribution is 0.473. The average Bonchev–Trinajstić information content (AvgIpc) is 2.92. The molecule has 0 bridgehead atoms. The Morgan fingerprint density at radius 3 is 2.67 bits per heavy atom. The molecule has 15 heavy (non-hydrogen) atoms. The third kappa shape index (κ3) is 1.75. The Bertz CT molecular complexity index is 459. The van der Waals surface area contributed by atoms with E-state index in [9.17, 15) is 0 Å². The summed E-state index contributed by atoms with van der Waals surface area (Å²) in [6, 6.07) is 3.96. The van der Waals surface area contributed by atoms with E-state index in [1.165, 1.54) is 12.8 Å².